The normalized spacial score (nSPS) is 19.2. The van der Waals surface area contributed by atoms with E-state index >= 15 is 0 Å². The van der Waals surface area contributed by atoms with Gasteiger partial charge in [-0.05, 0) is 12.3 Å². The van der Waals surface area contributed by atoms with E-state index < -0.39 is 12.2 Å². The second kappa shape index (κ2) is 5.51. The molecule has 3 nitrogen and oxygen atoms in total. The first-order valence-electron chi connectivity index (χ1n) is 4.46. The third-order valence-corrected chi connectivity index (χ3v) is 1.98. The van der Waals surface area contributed by atoms with Gasteiger partial charge in [-0.1, -0.05) is 20.8 Å². The first kappa shape index (κ1) is 11.9. The van der Waals surface area contributed by atoms with Gasteiger partial charge in [0.15, 0.2) is 0 Å². The summed E-state index contributed by atoms with van der Waals surface area (Å²) in [7, 11) is 0. The largest absolute Gasteiger partial charge is 0.396 e. The third kappa shape index (κ3) is 4.04. The zero-order chi connectivity index (χ0) is 9.72. The minimum absolute atomic E-state index is 0.0870. The van der Waals surface area contributed by atoms with Gasteiger partial charge in [0, 0.05) is 12.5 Å². The Kier molecular flexibility index (Phi) is 5.46. The van der Waals surface area contributed by atoms with Crippen LogP contribution in [0.2, 0.25) is 0 Å². The van der Waals surface area contributed by atoms with Crippen molar-refractivity contribution < 1.29 is 15.3 Å². The smallest absolute Gasteiger partial charge is 0.0846 e. The molecular formula is C9H20O3. The fraction of sp³-hybridized carbons (Fsp3) is 1.00. The van der Waals surface area contributed by atoms with Crippen LogP contribution < -0.4 is 0 Å². The Hall–Kier alpha value is -0.120. The van der Waals surface area contributed by atoms with Crippen molar-refractivity contribution in [1.29, 1.82) is 0 Å². The third-order valence-electron chi connectivity index (χ3n) is 1.98. The molecule has 0 aliphatic heterocycles. The fourth-order valence-corrected chi connectivity index (χ4v) is 1.11. The van der Waals surface area contributed by atoms with E-state index in [4.69, 9.17) is 5.11 Å². The monoisotopic (exact) mass is 176 g/mol. The molecule has 74 valence electrons. The number of aliphatic hydroxyl groups excluding tert-OH is 3. The molecule has 12 heavy (non-hydrogen) atoms. The fourth-order valence-electron chi connectivity index (χ4n) is 1.11. The highest BCUT2D eigenvalue weighted by atomic mass is 16.3. The Morgan fingerprint density at radius 3 is 1.92 bits per heavy atom. The van der Waals surface area contributed by atoms with Crippen molar-refractivity contribution in [3.05, 3.63) is 0 Å². The second-order valence-corrected chi connectivity index (χ2v) is 3.85. The molecule has 0 bridgehead atoms. The highest BCUT2D eigenvalue weighted by molar-refractivity contribution is 4.73. The molecule has 3 unspecified atom stereocenters. The molecule has 0 aromatic heterocycles. The lowest BCUT2D eigenvalue weighted by Gasteiger charge is -2.23. The van der Waals surface area contributed by atoms with Gasteiger partial charge in [0.2, 0.25) is 0 Å². The summed E-state index contributed by atoms with van der Waals surface area (Å²) in [5, 5.41) is 27.6. The van der Waals surface area contributed by atoms with Crippen molar-refractivity contribution in [2.75, 3.05) is 6.61 Å². The number of aliphatic hydroxyl groups is 3. The van der Waals surface area contributed by atoms with Gasteiger partial charge >= 0.3 is 0 Å². The van der Waals surface area contributed by atoms with E-state index in [0.717, 1.165) is 0 Å². The predicted molar refractivity (Wildman–Crippen MR) is 47.7 cm³/mol. The SMILES string of the molecule is CC(C)CC(O)C(O)C(C)CO. The number of hydrogen-bond acceptors (Lipinski definition) is 3. The van der Waals surface area contributed by atoms with Gasteiger partial charge in [0.05, 0.1) is 12.2 Å². The van der Waals surface area contributed by atoms with Gasteiger partial charge in [-0.15, -0.1) is 0 Å². The average molecular weight is 176 g/mol. The Bertz CT molecular complexity index is 114. The molecular weight excluding hydrogens is 156 g/mol. The standard InChI is InChI=1S/C9H20O3/c1-6(2)4-8(11)9(12)7(3)5-10/h6-12H,4-5H2,1-3H3. The van der Waals surface area contributed by atoms with Crippen LogP contribution in [0.4, 0.5) is 0 Å². The lowest BCUT2D eigenvalue weighted by Crippen LogP contribution is -2.34. The van der Waals surface area contributed by atoms with Gasteiger partial charge < -0.3 is 15.3 Å². The molecule has 0 spiro atoms. The van der Waals surface area contributed by atoms with Crippen LogP contribution in [0.3, 0.4) is 0 Å². The predicted octanol–water partition coefficient (Wildman–Crippen LogP) is 0.383. The molecule has 0 heterocycles. The Labute approximate surface area is 74.0 Å². The van der Waals surface area contributed by atoms with Crippen molar-refractivity contribution in [3.8, 4) is 0 Å². The van der Waals surface area contributed by atoms with Crippen LogP contribution >= 0.6 is 0 Å². The van der Waals surface area contributed by atoms with Gasteiger partial charge in [0.25, 0.3) is 0 Å². The van der Waals surface area contributed by atoms with Crippen molar-refractivity contribution >= 4 is 0 Å². The van der Waals surface area contributed by atoms with Crippen LogP contribution in [0, 0.1) is 11.8 Å². The molecule has 0 aromatic carbocycles. The summed E-state index contributed by atoms with van der Waals surface area (Å²) >= 11 is 0. The summed E-state index contributed by atoms with van der Waals surface area (Å²) in [6, 6.07) is 0. The van der Waals surface area contributed by atoms with Gasteiger partial charge in [-0.3, -0.25) is 0 Å². The molecule has 0 saturated heterocycles. The molecule has 3 N–H and O–H groups in total. The van der Waals surface area contributed by atoms with E-state index in [0.29, 0.717) is 12.3 Å². The van der Waals surface area contributed by atoms with Gasteiger partial charge in [-0.2, -0.15) is 0 Å². The first-order valence-corrected chi connectivity index (χ1v) is 4.46. The zero-order valence-corrected chi connectivity index (χ0v) is 8.07. The van der Waals surface area contributed by atoms with Gasteiger partial charge in [-0.25, -0.2) is 0 Å². The van der Waals surface area contributed by atoms with Crippen molar-refractivity contribution in [1.82, 2.24) is 0 Å². The maximum Gasteiger partial charge on any atom is 0.0846 e. The molecule has 0 amide bonds. The molecule has 0 rings (SSSR count). The summed E-state index contributed by atoms with van der Waals surface area (Å²) in [5.41, 5.74) is 0. The van der Waals surface area contributed by atoms with Crippen LogP contribution in [0.1, 0.15) is 27.2 Å². The Morgan fingerprint density at radius 1 is 1.08 bits per heavy atom. The zero-order valence-electron chi connectivity index (χ0n) is 8.07. The second-order valence-electron chi connectivity index (χ2n) is 3.85. The number of hydrogen-bond donors (Lipinski definition) is 3. The van der Waals surface area contributed by atoms with Crippen molar-refractivity contribution in [2.45, 2.75) is 39.4 Å². The lowest BCUT2D eigenvalue weighted by atomic mass is 9.94. The molecule has 0 aliphatic carbocycles. The van der Waals surface area contributed by atoms with E-state index in [1.54, 1.807) is 6.92 Å². The molecule has 3 atom stereocenters. The molecule has 3 heteroatoms. The van der Waals surface area contributed by atoms with E-state index in [-0.39, 0.29) is 12.5 Å². The highest BCUT2D eigenvalue weighted by Gasteiger charge is 2.22. The van der Waals surface area contributed by atoms with Crippen LogP contribution in [-0.2, 0) is 0 Å². The van der Waals surface area contributed by atoms with Crippen LogP contribution in [0.5, 0.6) is 0 Å². The van der Waals surface area contributed by atoms with Crippen LogP contribution in [-0.4, -0.2) is 34.1 Å². The van der Waals surface area contributed by atoms with E-state index in [1.165, 1.54) is 0 Å². The van der Waals surface area contributed by atoms with Crippen molar-refractivity contribution in [3.63, 3.8) is 0 Å². The van der Waals surface area contributed by atoms with Crippen LogP contribution in [0.25, 0.3) is 0 Å². The summed E-state index contributed by atoms with van der Waals surface area (Å²) in [6.45, 7) is 5.60. The van der Waals surface area contributed by atoms with Crippen LogP contribution in [0.15, 0.2) is 0 Å². The summed E-state index contributed by atoms with van der Waals surface area (Å²) in [4.78, 5) is 0. The van der Waals surface area contributed by atoms with Gasteiger partial charge in [0.1, 0.15) is 0 Å². The molecule has 0 aliphatic rings. The van der Waals surface area contributed by atoms with E-state index in [2.05, 4.69) is 0 Å². The average Bonchev–Trinajstić information content (AvgIpc) is 2.00. The Morgan fingerprint density at radius 2 is 1.58 bits per heavy atom. The Balaban J connectivity index is 3.83. The summed E-state index contributed by atoms with van der Waals surface area (Å²) < 4.78 is 0. The summed E-state index contributed by atoms with van der Waals surface area (Å²) in [5.74, 6) is 0.110. The number of rotatable bonds is 5. The molecule has 0 radical (unpaired) electrons. The van der Waals surface area contributed by atoms with E-state index in [9.17, 15) is 10.2 Å². The maximum atomic E-state index is 9.43. The lowest BCUT2D eigenvalue weighted by molar-refractivity contribution is -0.0350. The minimum Gasteiger partial charge on any atom is -0.396 e. The molecule has 0 fully saturated rings. The van der Waals surface area contributed by atoms with Crippen molar-refractivity contribution in [2.24, 2.45) is 11.8 Å². The first-order chi connectivity index (χ1) is 5.49. The molecule has 0 aromatic rings. The molecule has 0 saturated carbocycles. The quantitative estimate of drug-likeness (QED) is 0.567. The van der Waals surface area contributed by atoms with E-state index in [1.807, 2.05) is 13.8 Å². The maximum absolute atomic E-state index is 9.43. The topological polar surface area (TPSA) is 60.7 Å². The summed E-state index contributed by atoms with van der Waals surface area (Å²) in [6.07, 6.45) is -0.949. The minimum atomic E-state index is -0.808. The highest BCUT2D eigenvalue weighted by Crippen LogP contribution is 2.13.